The first-order chi connectivity index (χ1) is 8.60. The number of hydrogen-bond donors (Lipinski definition) is 1. The first-order valence-corrected chi connectivity index (χ1v) is 5.61. The van der Waals surface area contributed by atoms with Gasteiger partial charge in [-0.3, -0.25) is 0 Å². The van der Waals surface area contributed by atoms with Crippen LogP contribution in [0, 0.1) is 5.82 Å². The monoisotopic (exact) mass is 253 g/mol. The van der Waals surface area contributed by atoms with Gasteiger partial charge in [0.2, 0.25) is 0 Å². The van der Waals surface area contributed by atoms with Gasteiger partial charge >= 0.3 is 0 Å². The van der Waals surface area contributed by atoms with Gasteiger partial charge in [0.05, 0.1) is 7.11 Å². The quantitative estimate of drug-likeness (QED) is 0.869. The van der Waals surface area contributed by atoms with Crippen LogP contribution in [0.2, 0.25) is 0 Å². The molecule has 1 aliphatic heterocycles. The summed E-state index contributed by atoms with van der Waals surface area (Å²) in [5, 5.41) is 0. The van der Waals surface area contributed by atoms with Crippen molar-refractivity contribution in [1.29, 1.82) is 0 Å². The van der Waals surface area contributed by atoms with Gasteiger partial charge < -0.3 is 20.1 Å². The molecule has 1 aromatic carbocycles. The van der Waals surface area contributed by atoms with Gasteiger partial charge in [0.25, 0.3) is 6.02 Å². The van der Waals surface area contributed by atoms with E-state index in [0.717, 1.165) is 5.69 Å². The smallest absolute Gasteiger partial charge is 0.282 e. The second kappa shape index (κ2) is 5.12. The van der Waals surface area contributed by atoms with E-state index in [1.807, 2.05) is 11.9 Å². The molecule has 0 bridgehead atoms. The number of likely N-dealkylation sites (N-methyl/N-ethyl adjacent to an activating group) is 1. The van der Waals surface area contributed by atoms with Crippen molar-refractivity contribution >= 4 is 11.7 Å². The summed E-state index contributed by atoms with van der Waals surface area (Å²) >= 11 is 0. The van der Waals surface area contributed by atoms with Crippen molar-refractivity contribution < 1.29 is 13.9 Å². The van der Waals surface area contributed by atoms with Crippen LogP contribution >= 0.6 is 0 Å². The van der Waals surface area contributed by atoms with Crippen LogP contribution < -0.4 is 15.4 Å². The summed E-state index contributed by atoms with van der Waals surface area (Å²) in [7, 11) is 3.34. The standard InChI is InChI=1S/C12H16FN3O2/c1-16(6-8-7-18-12(14)15-8)9-3-4-10(13)11(5-9)17-2/h3-5,8H,6-7H2,1-2H3,(H2,14,15). The molecule has 0 spiro atoms. The lowest BCUT2D eigenvalue weighted by molar-refractivity contribution is 0.314. The number of nitrogens with zero attached hydrogens (tertiary/aromatic N) is 2. The molecule has 6 heteroatoms. The fraction of sp³-hybridized carbons (Fsp3) is 0.417. The van der Waals surface area contributed by atoms with E-state index >= 15 is 0 Å². The molecular weight excluding hydrogens is 237 g/mol. The summed E-state index contributed by atoms with van der Waals surface area (Å²) in [4.78, 5) is 6.10. The van der Waals surface area contributed by atoms with Gasteiger partial charge in [-0.2, -0.15) is 0 Å². The van der Waals surface area contributed by atoms with E-state index in [2.05, 4.69) is 4.99 Å². The van der Waals surface area contributed by atoms with E-state index in [-0.39, 0.29) is 23.6 Å². The summed E-state index contributed by atoms with van der Waals surface area (Å²) in [6.45, 7) is 1.13. The Morgan fingerprint density at radius 2 is 2.39 bits per heavy atom. The molecule has 5 nitrogen and oxygen atoms in total. The number of aliphatic imine (C=N–C) groups is 1. The SMILES string of the molecule is COc1cc(N(C)CC2COC(N)=N2)ccc1F. The number of amidine groups is 1. The van der Waals surface area contributed by atoms with Crippen molar-refractivity contribution in [3.05, 3.63) is 24.0 Å². The van der Waals surface area contributed by atoms with E-state index in [1.165, 1.54) is 13.2 Å². The molecule has 2 rings (SSSR count). The van der Waals surface area contributed by atoms with Crippen molar-refractivity contribution in [1.82, 2.24) is 0 Å². The molecule has 18 heavy (non-hydrogen) atoms. The van der Waals surface area contributed by atoms with Gasteiger partial charge in [-0.15, -0.1) is 0 Å². The van der Waals surface area contributed by atoms with Crippen molar-refractivity contribution in [2.45, 2.75) is 6.04 Å². The minimum absolute atomic E-state index is 0.00560. The van der Waals surface area contributed by atoms with Gasteiger partial charge in [-0.1, -0.05) is 0 Å². The number of halogens is 1. The average Bonchev–Trinajstić information content (AvgIpc) is 2.75. The van der Waals surface area contributed by atoms with E-state index in [4.69, 9.17) is 15.2 Å². The van der Waals surface area contributed by atoms with Crippen LogP contribution in [0.4, 0.5) is 10.1 Å². The highest BCUT2D eigenvalue weighted by Crippen LogP contribution is 2.24. The van der Waals surface area contributed by atoms with Crippen LogP contribution in [0.15, 0.2) is 23.2 Å². The van der Waals surface area contributed by atoms with Gasteiger partial charge in [-0.25, -0.2) is 9.38 Å². The fourth-order valence-electron chi connectivity index (χ4n) is 1.84. The molecule has 1 atom stereocenters. The number of nitrogens with two attached hydrogens (primary N) is 1. The molecule has 0 amide bonds. The first-order valence-electron chi connectivity index (χ1n) is 5.61. The third kappa shape index (κ3) is 2.64. The summed E-state index contributed by atoms with van der Waals surface area (Å²) in [5.41, 5.74) is 6.30. The molecule has 0 saturated carbocycles. The van der Waals surface area contributed by atoms with Crippen LogP contribution in [-0.2, 0) is 4.74 Å². The van der Waals surface area contributed by atoms with Crippen LogP contribution in [-0.4, -0.2) is 39.4 Å². The van der Waals surface area contributed by atoms with Gasteiger partial charge in [0.1, 0.15) is 12.6 Å². The van der Waals surface area contributed by atoms with Crippen molar-refractivity contribution in [3.63, 3.8) is 0 Å². The maximum absolute atomic E-state index is 13.3. The second-order valence-electron chi connectivity index (χ2n) is 4.13. The molecule has 0 saturated heterocycles. The Labute approximate surface area is 105 Å². The minimum atomic E-state index is -0.374. The molecule has 1 aromatic rings. The molecule has 0 aliphatic carbocycles. The van der Waals surface area contributed by atoms with Crippen molar-refractivity contribution in [2.24, 2.45) is 10.7 Å². The Hall–Kier alpha value is -1.98. The van der Waals surface area contributed by atoms with Crippen molar-refractivity contribution in [2.75, 3.05) is 32.2 Å². The number of methoxy groups -OCH3 is 1. The zero-order valence-electron chi connectivity index (χ0n) is 10.4. The van der Waals surface area contributed by atoms with Gasteiger partial charge in [0, 0.05) is 25.3 Å². The molecule has 98 valence electrons. The summed E-state index contributed by atoms with van der Waals surface area (Å²) in [6, 6.07) is 4.96. The highest BCUT2D eigenvalue weighted by molar-refractivity contribution is 5.73. The number of anilines is 1. The molecule has 0 aromatic heterocycles. The number of hydrogen-bond acceptors (Lipinski definition) is 5. The Bertz CT molecular complexity index is 465. The topological polar surface area (TPSA) is 60.1 Å². The maximum Gasteiger partial charge on any atom is 0.282 e. The number of ether oxygens (including phenoxy) is 2. The maximum atomic E-state index is 13.3. The predicted molar refractivity (Wildman–Crippen MR) is 67.6 cm³/mol. The normalized spacial score (nSPS) is 18.2. The average molecular weight is 253 g/mol. The highest BCUT2D eigenvalue weighted by Gasteiger charge is 2.19. The molecule has 2 N–H and O–H groups in total. The zero-order valence-corrected chi connectivity index (χ0v) is 10.4. The van der Waals surface area contributed by atoms with Gasteiger partial charge in [-0.05, 0) is 12.1 Å². The van der Waals surface area contributed by atoms with Crippen LogP contribution in [0.5, 0.6) is 5.75 Å². The minimum Gasteiger partial charge on any atom is -0.494 e. The van der Waals surface area contributed by atoms with Crippen molar-refractivity contribution in [3.8, 4) is 5.75 Å². The summed E-state index contributed by atoms with van der Waals surface area (Å²) in [6.07, 6.45) is 0. The number of rotatable bonds is 4. The van der Waals surface area contributed by atoms with E-state index in [0.29, 0.717) is 13.2 Å². The second-order valence-corrected chi connectivity index (χ2v) is 4.13. The summed E-state index contributed by atoms with van der Waals surface area (Å²) < 4.78 is 23.3. The molecule has 0 radical (unpaired) electrons. The van der Waals surface area contributed by atoms with Gasteiger partial charge in [0.15, 0.2) is 11.6 Å². The zero-order chi connectivity index (χ0) is 13.1. The Morgan fingerprint density at radius 3 is 3.00 bits per heavy atom. The Kier molecular flexibility index (Phi) is 3.55. The van der Waals surface area contributed by atoms with Crippen LogP contribution in [0.25, 0.3) is 0 Å². The molecule has 1 aliphatic rings. The fourth-order valence-corrected chi connectivity index (χ4v) is 1.84. The Morgan fingerprint density at radius 1 is 1.61 bits per heavy atom. The number of benzene rings is 1. The van der Waals surface area contributed by atoms with E-state index in [9.17, 15) is 4.39 Å². The van der Waals surface area contributed by atoms with E-state index in [1.54, 1.807) is 12.1 Å². The lowest BCUT2D eigenvalue weighted by Gasteiger charge is -2.21. The largest absolute Gasteiger partial charge is 0.494 e. The lowest BCUT2D eigenvalue weighted by atomic mass is 10.2. The first kappa shape index (κ1) is 12.5. The third-order valence-electron chi connectivity index (χ3n) is 2.79. The van der Waals surface area contributed by atoms with E-state index < -0.39 is 0 Å². The highest BCUT2D eigenvalue weighted by atomic mass is 19.1. The molecule has 1 unspecified atom stereocenters. The molecule has 1 heterocycles. The predicted octanol–water partition coefficient (Wildman–Crippen LogP) is 0.984. The third-order valence-corrected chi connectivity index (χ3v) is 2.79. The molecular formula is C12H16FN3O2. The van der Waals surface area contributed by atoms with Crippen LogP contribution in [0.3, 0.4) is 0 Å². The van der Waals surface area contributed by atoms with Crippen LogP contribution in [0.1, 0.15) is 0 Å². The lowest BCUT2D eigenvalue weighted by Crippen LogP contribution is -2.28. The Balaban J connectivity index is 2.06. The molecule has 0 fully saturated rings. The summed E-state index contributed by atoms with van der Waals surface area (Å²) in [5.74, 6) is -0.147.